The van der Waals surface area contributed by atoms with Crippen LogP contribution in [0, 0.1) is 0 Å². The van der Waals surface area contributed by atoms with E-state index in [9.17, 15) is 4.79 Å². The summed E-state index contributed by atoms with van der Waals surface area (Å²) in [6.45, 7) is 6.54. The maximum Gasteiger partial charge on any atom is 0.338 e. The first-order chi connectivity index (χ1) is 14.3. The molecule has 2 N–H and O–H groups in total. The standard InChI is InChI=1S/C21H24N6O3/c1-20(2,3)30-18(28)14-5-4-6-15(11-14)25-21(8-10-29-12-21)19-24-17(26-27-19)16-7-9-22-13-23-16/h4-7,9,11,13,25H,8,10,12H2,1-3H3,(H,24,26,27). The number of nitrogens with one attached hydrogen (secondary N) is 2. The minimum Gasteiger partial charge on any atom is -0.456 e. The van der Waals surface area contributed by atoms with Gasteiger partial charge in [-0.3, -0.25) is 5.10 Å². The number of benzene rings is 1. The van der Waals surface area contributed by atoms with Gasteiger partial charge in [0, 0.05) is 24.9 Å². The molecule has 0 spiro atoms. The number of anilines is 1. The molecule has 0 bridgehead atoms. The Morgan fingerprint density at radius 3 is 2.87 bits per heavy atom. The van der Waals surface area contributed by atoms with Gasteiger partial charge in [-0.1, -0.05) is 6.07 Å². The number of rotatable bonds is 5. The molecule has 0 radical (unpaired) electrons. The number of hydrogen-bond acceptors (Lipinski definition) is 8. The third-order valence-electron chi connectivity index (χ3n) is 4.65. The predicted octanol–water partition coefficient (Wildman–Crippen LogP) is 2.94. The second kappa shape index (κ2) is 7.83. The lowest BCUT2D eigenvalue weighted by Gasteiger charge is -2.27. The first kappa shape index (κ1) is 20.0. The van der Waals surface area contributed by atoms with E-state index in [0.717, 1.165) is 5.69 Å². The first-order valence-corrected chi connectivity index (χ1v) is 9.73. The Morgan fingerprint density at radius 2 is 2.17 bits per heavy atom. The number of carbonyl (C=O) groups excluding carboxylic acids is 1. The molecule has 4 rings (SSSR count). The van der Waals surface area contributed by atoms with Crippen molar-refractivity contribution in [2.45, 2.75) is 38.3 Å². The number of ether oxygens (including phenoxy) is 2. The molecule has 1 aliphatic heterocycles. The maximum atomic E-state index is 12.4. The largest absolute Gasteiger partial charge is 0.456 e. The van der Waals surface area contributed by atoms with E-state index in [0.29, 0.717) is 42.5 Å². The third kappa shape index (κ3) is 4.30. The van der Waals surface area contributed by atoms with Crippen LogP contribution in [0.5, 0.6) is 0 Å². The molecule has 0 saturated carbocycles. The quantitative estimate of drug-likeness (QED) is 0.619. The highest BCUT2D eigenvalue weighted by Crippen LogP contribution is 2.33. The van der Waals surface area contributed by atoms with Gasteiger partial charge in [-0.15, -0.1) is 0 Å². The van der Waals surface area contributed by atoms with E-state index in [1.54, 1.807) is 24.4 Å². The summed E-state index contributed by atoms with van der Waals surface area (Å²) < 4.78 is 11.2. The fourth-order valence-corrected chi connectivity index (χ4v) is 3.26. The van der Waals surface area contributed by atoms with E-state index in [2.05, 4.69) is 30.5 Å². The summed E-state index contributed by atoms with van der Waals surface area (Å²) in [5.41, 5.74) is 0.726. The summed E-state index contributed by atoms with van der Waals surface area (Å²) in [5, 5.41) is 10.8. The fraction of sp³-hybridized carbons (Fsp3) is 0.381. The molecular weight excluding hydrogens is 384 g/mol. The van der Waals surface area contributed by atoms with Gasteiger partial charge >= 0.3 is 5.97 Å². The Hall–Kier alpha value is -3.33. The molecular formula is C21H24N6O3. The van der Waals surface area contributed by atoms with Crippen molar-refractivity contribution in [3.63, 3.8) is 0 Å². The average molecular weight is 408 g/mol. The molecule has 156 valence electrons. The molecule has 1 unspecified atom stereocenters. The van der Waals surface area contributed by atoms with Crippen molar-refractivity contribution in [3.05, 3.63) is 54.2 Å². The Balaban J connectivity index is 1.60. The number of hydrogen-bond donors (Lipinski definition) is 2. The van der Waals surface area contributed by atoms with Gasteiger partial charge in [0.05, 0.1) is 12.2 Å². The summed E-state index contributed by atoms with van der Waals surface area (Å²) in [6, 6.07) is 8.98. The highest BCUT2D eigenvalue weighted by molar-refractivity contribution is 5.90. The van der Waals surface area contributed by atoms with Crippen molar-refractivity contribution in [3.8, 4) is 11.5 Å². The molecule has 1 aliphatic rings. The molecule has 0 aliphatic carbocycles. The normalized spacial score (nSPS) is 18.9. The monoisotopic (exact) mass is 408 g/mol. The van der Waals surface area contributed by atoms with E-state index in [1.165, 1.54) is 6.33 Å². The van der Waals surface area contributed by atoms with E-state index in [-0.39, 0.29) is 5.97 Å². The lowest BCUT2D eigenvalue weighted by Crippen LogP contribution is -2.37. The van der Waals surface area contributed by atoms with Crippen molar-refractivity contribution < 1.29 is 14.3 Å². The number of nitrogens with zero attached hydrogens (tertiary/aromatic N) is 4. The number of aromatic nitrogens is 5. The van der Waals surface area contributed by atoms with Gasteiger partial charge in [-0.2, -0.15) is 5.10 Å². The van der Waals surface area contributed by atoms with Crippen molar-refractivity contribution in [2.75, 3.05) is 18.5 Å². The second-order valence-corrected chi connectivity index (χ2v) is 8.19. The van der Waals surface area contributed by atoms with E-state index in [1.807, 2.05) is 32.9 Å². The molecule has 1 saturated heterocycles. The van der Waals surface area contributed by atoms with Gasteiger partial charge in [-0.05, 0) is 45.0 Å². The van der Waals surface area contributed by atoms with Gasteiger partial charge in [0.2, 0.25) is 0 Å². The maximum absolute atomic E-state index is 12.4. The molecule has 30 heavy (non-hydrogen) atoms. The van der Waals surface area contributed by atoms with E-state index in [4.69, 9.17) is 9.47 Å². The van der Waals surface area contributed by atoms with Crippen molar-refractivity contribution >= 4 is 11.7 Å². The Bertz CT molecular complexity index is 1020. The summed E-state index contributed by atoms with van der Waals surface area (Å²) >= 11 is 0. The topological polar surface area (TPSA) is 115 Å². The SMILES string of the molecule is CC(C)(C)OC(=O)c1cccc(NC2(c3nc(-c4ccncn4)n[nH]3)CCOC2)c1. The number of esters is 1. The zero-order valence-electron chi connectivity index (χ0n) is 17.2. The molecule has 3 aromatic rings. The second-order valence-electron chi connectivity index (χ2n) is 8.19. The van der Waals surface area contributed by atoms with Gasteiger partial charge in [0.15, 0.2) is 11.6 Å². The number of carbonyl (C=O) groups is 1. The zero-order chi connectivity index (χ0) is 21.2. The summed E-state index contributed by atoms with van der Waals surface area (Å²) in [5.74, 6) is 0.771. The molecule has 0 amide bonds. The Labute approximate surface area is 174 Å². The van der Waals surface area contributed by atoms with Crippen LogP contribution < -0.4 is 5.32 Å². The molecule has 9 heteroatoms. The molecule has 2 aromatic heterocycles. The van der Waals surface area contributed by atoms with Gasteiger partial charge in [-0.25, -0.2) is 19.7 Å². The third-order valence-corrected chi connectivity index (χ3v) is 4.65. The average Bonchev–Trinajstić information content (AvgIpc) is 3.38. The van der Waals surface area contributed by atoms with Crippen molar-refractivity contribution in [1.29, 1.82) is 0 Å². The van der Waals surface area contributed by atoms with Crippen LogP contribution in [0.4, 0.5) is 5.69 Å². The molecule has 1 aromatic carbocycles. The highest BCUT2D eigenvalue weighted by atomic mass is 16.6. The molecule has 1 fully saturated rings. The van der Waals surface area contributed by atoms with Crippen LogP contribution in [-0.2, 0) is 15.0 Å². The molecule has 3 heterocycles. The molecule has 1 atom stereocenters. The van der Waals surface area contributed by atoms with Gasteiger partial charge < -0.3 is 14.8 Å². The number of H-pyrrole nitrogens is 1. The minimum atomic E-state index is -0.592. The van der Waals surface area contributed by atoms with E-state index >= 15 is 0 Å². The lowest BCUT2D eigenvalue weighted by molar-refractivity contribution is 0.00695. The smallest absolute Gasteiger partial charge is 0.338 e. The van der Waals surface area contributed by atoms with Crippen LogP contribution in [-0.4, -0.2) is 49.9 Å². The Morgan fingerprint density at radius 1 is 1.30 bits per heavy atom. The van der Waals surface area contributed by atoms with Gasteiger partial charge in [0.1, 0.15) is 23.2 Å². The van der Waals surface area contributed by atoms with Crippen LogP contribution in [0.25, 0.3) is 11.5 Å². The molecule has 9 nitrogen and oxygen atoms in total. The van der Waals surface area contributed by atoms with Crippen LogP contribution >= 0.6 is 0 Å². The summed E-state index contributed by atoms with van der Waals surface area (Å²) in [4.78, 5) is 25.2. The van der Waals surface area contributed by atoms with Crippen molar-refractivity contribution in [1.82, 2.24) is 25.1 Å². The van der Waals surface area contributed by atoms with E-state index < -0.39 is 11.1 Å². The van der Waals surface area contributed by atoms with Crippen molar-refractivity contribution in [2.24, 2.45) is 0 Å². The minimum absolute atomic E-state index is 0.367. The van der Waals surface area contributed by atoms with Crippen LogP contribution in [0.1, 0.15) is 43.4 Å². The number of aromatic amines is 1. The highest BCUT2D eigenvalue weighted by Gasteiger charge is 2.40. The lowest BCUT2D eigenvalue weighted by atomic mass is 9.97. The Kier molecular flexibility index (Phi) is 5.21. The predicted molar refractivity (Wildman–Crippen MR) is 110 cm³/mol. The fourth-order valence-electron chi connectivity index (χ4n) is 3.26. The van der Waals surface area contributed by atoms with Crippen LogP contribution in [0.15, 0.2) is 42.9 Å². The zero-order valence-corrected chi connectivity index (χ0v) is 17.2. The van der Waals surface area contributed by atoms with Gasteiger partial charge in [0.25, 0.3) is 0 Å². The van der Waals surface area contributed by atoms with Crippen LogP contribution in [0.3, 0.4) is 0 Å². The summed E-state index contributed by atoms with van der Waals surface area (Å²) in [7, 11) is 0. The first-order valence-electron chi connectivity index (χ1n) is 9.73. The summed E-state index contributed by atoms with van der Waals surface area (Å²) in [6.07, 6.45) is 3.80. The van der Waals surface area contributed by atoms with Crippen LogP contribution in [0.2, 0.25) is 0 Å².